The van der Waals surface area contributed by atoms with Crippen molar-refractivity contribution in [1.82, 2.24) is 15.3 Å². The maximum Gasteiger partial charge on any atom is 0.108 e. The molecule has 0 atom stereocenters. The zero-order valence-corrected chi connectivity index (χ0v) is 10.5. The molecule has 0 bridgehead atoms. The summed E-state index contributed by atoms with van der Waals surface area (Å²) in [6.07, 6.45) is 3.68. The smallest absolute Gasteiger partial charge is 0.108 e. The van der Waals surface area contributed by atoms with Crippen molar-refractivity contribution < 1.29 is 0 Å². The van der Waals surface area contributed by atoms with E-state index in [0.717, 1.165) is 35.9 Å². The van der Waals surface area contributed by atoms with Crippen molar-refractivity contribution >= 4 is 11.0 Å². The highest BCUT2D eigenvalue weighted by Gasteiger charge is 2.19. The molecule has 0 unspecified atom stereocenters. The van der Waals surface area contributed by atoms with Crippen LogP contribution in [0.4, 0.5) is 0 Å². The Balaban J connectivity index is 1.75. The Morgan fingerprint density at radius 3 is 2.82 bits per heavy atom. The first kappa shape index (κ1) is 10.8. The molecule has 1 aliphatic carbocycles. The summed E-state index contributed by atoms with van der Waals surface area (Å²) in [5.74, 6) is 1.10. The lowest BCUT2D eigenvalue weighted by Crippen LogP contribution is -2.19. The maximum absolute atomic E-state index is 4.64. The third-order valence-electron chi connectivity index (χ3n) is 3.52. The van der Waals surface area contributed by atoms with Crippen LogP contribution in [-0.2, 0) is 6.42 Å². The standard InChI is InChI=1S/C14H19N3/c1-9-7-12-13(8-10(9)2)17-14(16-12)5-6-15-11-3-4-11/h7-8,11,15H,3-6H2,1-2H3,(H,16,17). The summed E-state index contributed by atoms with van der Waals surface area (Å²) in [7, 11) is 0. The van der Waals surface area contributed by atoms with Gasteiger partial charge < -0.3 is 10.3 Å². The van der Waals surface area contributed by atoms with Crippen molar-refractivity contribution in [3.8, 4) is 0 Å². The van der Waals surface area contributed by atoms with Crippen LogP contribution in [-0.4, -0.2) is 22.6 Å². The first-order valence-electron chi connectivity index (χ1n) is 6.41. The molecule has 1 aromatic heterocycles. The lowest BCUT2D eigenvalue weighted by molar-refractivity contribution is 0.670. The summed E-state index contributed by atoms with van der Waals surface area (Å²) < 4.78 is 0. The Bertz CT molecular complexity index is 499. The second-order valence-corrected chi connectivity index (χ2v) is 5.12. The molecule has 1 heterocycles. The minimum atomic E-state index is 0.781. The minimum Gasteiger partial charge on any atom is -0.342 e. The van der Waals surface area contributed by atoms with Gasteiger partial charge in [0.15, 0.2) is 0 Å². The monoisotopic (exact) mass is 229 g/mol. The molecule has 0 saturated heterocycles. The third-order valence-corrected chi connectivity index (χ3v) is 3.52. The van der Waals surface area contributed by atoms with Crippen LogP contribution in [0.25, 0.3) is 11.0 Å². The van der Waals surface area contributed by atoms with E-state index in [2.05, 4.69) is 41.3 Å². The molecule has 17 heavy (non-hydrogen) atoms. The molecule has 0 amide bonds. The number of imidazole rings is 1. The molecular formula is C14H19N3. The number of aromatic amines is 1. The molecule has 1 aliphatic rings. The molecule has 90 valence electrons. The molecular weight excluding hydrogens is 210 g/mol. The van der Waals surface area contributed by atoms with Gasteiger partial charge >= 0.3 is 0 Å². The van der Waals surface area contributed by atoms with Gasteiger partial charge in [-0.05, 0) is 49.9 Å². The highest BCUT2D eigenvalue weighted by Crippen LogP contribution is 2.19. The van der Waals surface area contributed by atoms with Crippen LogP contribution >= 0.6 is 0 Å². The van der Waals surface area contributed by atoms with Gasteiger partial charge in [-0.1, -0.05) is 0 Å². The van der Waals surface area contributed by atoms with E-state index >= 15 is 0 Å². The van der Waals surface area contributed by atoms with Gasteiger partial charge in [-0.15, -0.1) is 0 Å². The number of hydrogen-bond donors (Lipinski definition) is 2. The number of nitrogens with zero attached hydrogens (tertiary/aromatic N) is 1. The largest absolute Gasteiger partial charge is 0.342 e. The van der Waals surface area contributed by atoms with Crippen LogP contribution in [0.1, 0.15) is 29.8 Å². The number of fused-ring (bicyclic) bond motifs is 1. The van der Waals surface area contributed by atoms with Gasteiger partial charge in [-0.25, -0.2) is 4.98 Å². The highest BCUT2D eigenvalue weighted by molar-refractivity contribution is 5.77. The second-order valence-electron chi connectivity index (χ2n) is 5.12. The Labute approximate surface area is 102 Å². The van der Waals surface area contributed by atoms with Crippen LogP contribution in [0.3, 0.4) is 0 Å². The fourth-order valence-corrected chi connectivity index (χ4v) is 2.12. The average Bonchev–Trinajstić information content (AvgIpc) is 3.02. The SMILES string of the molecule is Cc1cc2nc(CCNC3CC3)[nH]c2cc1C. The van der Waals surface area contributed by atoms with Gasteiger partial charge in [0, 0.05) is 19.0 Å². The number of benzene rings is 1. The van der Waals surface area contributed by atoms with E-state index in [4.69, 9.17) is 0 Å². The Kier molecular flexibility index (Phi) is 2.63. The van der Waals surface area contributed by atoms with E-state index in [1.807, 2.05) is 0 Å². The Hall–Kier alpha value is -1.35. The number of aromatic nitrogens is 2. The summed E-state index contributed by atoms with van der Waals surface area (Å²) in [6, 6.07) is 5.14. The van der Waals surface area contributed by atoms with Crippen LogP contribution in [0.5, 0.6) is 0 Å². The van der Waals surface area contributed by atoms with Crippen LogP contribution in [0.15, 0.2) is 12.1 Å². The predicted molar refractivity (Wildman–Crippen MR) is 70.3 cm³/mol. The molecule has 1 aromatic carbocycles. The van der Waals surface area contributed by atoms with E-state index in [-0.39, 0.29) is 0 Å². The fourth-order valence-electron chi connectivity index (χ4n) is 2.12. The summed E-state index contributed by atoms with van der Waals surface area (Å²) >= 11 is 0. The summed E-state index contributed by atoms with van der Waals surface area (Å²) in [5.41, 5.74) is 4.89. The molecule has 3 heteroatoms. The normalized spacial score (nSPS) is 15.6. The summed E-state index contributed by atoms with van der Waals surface area (Å²) in [4.78, 5) is 8.04. The zero-order chi connectivity index (χ0) is 11.8. The van der Waals surface area contributed by atoms with Crippen molar-refractivity contribution in [1.29, 1.82) is 0 Å². The molecule has 3 nitrogen and oxygen atoms in total. The number of aryl methyl sites for hydroxylation is 2. The van der Waals surface area contributed by atoms with Crippen molar-refractivity contribution in [3.63, 3.8) is 0 Å². The van der Waals surface area contributed by atoms with E-state index in [1.165, 1.54) is 24.0 Å². The topological polar surface area (TPSA) is 40.7 Å². The van der Waals surface area contributed by atoms with Gasteiger partial charge in [-0.3, -0.25) is 0 Å². The second kappa shape index (κ2) is 4.15. The third kappa shape index (κ3) is 2.34. The van der Waals surface area contributed by atoms with Crippen LogP contribution < -0.4 is 5.32 Å². The van der Waals surface area contributed by atoms with Gasteiger partial charge in [0.25, 0.3) is 0 Å². The molecule has 2 N–H and O–H groups in total. The van der Waals surface area contributed by atoms with Crippen molar-refractivity contribution in [3.05, 3.63) is 29.1 Å². The van der Waals surface area contributed by atoms with Crippen LogP contribution in [0, 0.1) is 13.8 Å². The van der Waals surface area contributed by atoms with Gasteiger partial charge in [-0.2, -0.15) is 0 Å². The van der Waals surface area contributed by atoms with Crippen molar-refractivity contribution in [2.24, 2.45) is 0 Å². The van der Waals surface area contributed by atoms with E-state index < -0.39 is 0 Å². The first-order chi connectivity index (χ1) is 8.22. The van der Waals surface area contributed by atoms with Crippen molar-refractivity contribution in [2.75, 3.05) is 6.54 Å². The van der Waals surface area contributed by atoms with Crippen molar-refractivity contribution in [2.45, 2.75) is 39.2 Å². The highest BCUT2D eigenvalue weighted by atomic mass is 15.0. The molecule has 0 radical (unpaired) electrons. The maximum atomic E-state index is 4.64. The summed E-state index contributed by atoms with van der Waals surface area (Å²) in [5, 5.41) is 3.51. The van der Waals surface area contributed by atoms with Gasteiger partial charge in [0.05, 0.1) is 11.0 Å². The fraction of sp³-hybridized carbons (Fsp3) is 0.500. The average molecular weight is 229 g/mol. The number of nitrogens with one attached hydrogen (secondary N) is 2. The molecule has 1 fully saturated rings. The molecule has 1 saturated carbocycles. The van der Waals surface area contributed by atoms with Gasteiger partial charge in [0.1, 0.15) is 5.82 Å². The molecule has 2 aromatic rings. The van der Waals surface area contributed by atoms with Gasteiger partial charge in [0.2, 0.25) is 0 Å². The number of H-pyrrole nitrogens is 1. The van der Waals surface area contributed by atoms with E-state index in [1.54, 1.807) is 0 Å². The molecule has 3 rings (SSSR count). The van der Waals surface area contributed by atoms with E-state index in [0.29, 0.717) is 0 Å². The Morgan fingerprint density at radius 1 is 1.29 bits per heavy atom. The molecule has 0 aliphatic heterocycles. The number of hydrogen-bond acceptors (Lipinski definition) is 2. The summed E-state index contributed by atoms with van der Waals surface area (Å²) in [6.45, 7) is 5.31. The first-order valence-corrected chi connectivity index (χ1v) is 6.41. The zero-order valence-electron chi connectivity index (χ0n) is 10.5. The molecule has 0 spiro atoms. The number of rotatable bonds is 4. The quantitative estimate of drug-likeness (QED) is 0.845. The Morgan fingerprint density at radius 2 is 2.06 bits per heavy atom. The lowest BCUT2D eigenvalue weighted by atomic mass is 10.1. The van der Waals surface area contributed by atoms with E-state index in [9.17, 15) is 0 Å². The minimum absolute atomic E-state index is 0.781. The lowest BCUT2D eigenvalue weighted by Gasteiger charge is -1.98. The predicted octanol–water partition coefficient (Wildman–Crippen LogP) is 2.47. The van der Waals surface area contributed by atoms with Crippen LogP contribution in [0.2, 0.25) is 0 Å².